The van der Waals surface area contributed by atoms with E-state index in [0.717, 1.165) is 0 Å². The van der Waals surface area contributed by atoms with Crippen LogP contribution in [0.4, 0.5) is 4.39 Å². The quantitative estimate of drug-likeness (QED) is 0.832. The fraction of sp³-hybridized carbons (Fsp3) is 0.100. The highest BCUT2D eigenvalue weighted by atomic mass is 19.1. The van der Waals surface area contributed by atoms with Gasteiger partial charge in [0, 0.05) is 0 Å². The van der Waals surface area contributed by atoms with E-state index in [1.807, 2.05) is 0 Å². The van der Waals surface area contributed by atoms with Gasteiger partial charge in [-0.2, -0.15) is 0 Å². The molecule has 6 heteroatoms. The average Bonchev–Trinajstić information content (AvgIpc) is 2.60. The van der Waals surface area contributed by atoms with Crippen molar-refractivity contribution in [2.24, 2.45) is 0 Å². The molecule has 82 valence electrons. The predicted molar refractivity (Wildman–Crippen MR) is 53.0 cm³/mol. The number of nitrogens with zero attached hydrogens (tertiary/aromatic N) is 3. The zero-order valence-electron chi connectivity index (χ0n) is 8.38. The summed E-state index contributed by atoms with van der Waals surface area (Å²) >= 11 is 0. The number of hydrogen-bond donors (Lipinski definition) is 1. The Bertz CT molecular complexity index is 551. The van der Waals surface area contributed by atoms with E-state index in [-0.39, 0.29) is 5.69 Å². The van der Waals surface area contributed by atoms with Crippen molar-refractivity contribution < 1.29 is 14.3 Å². The summed E-state index contributed by atoms with van der Waals surface area (Å²) in [4.78, 5) is 10.7. The van der Waals surface area contributed by atoms with Gasteiger partial charge in [0.2, 0.25) is 0 Å². The van der Waals surface area contributed by atoms with Gasteiger partial charge < -0.3 is 5.11 Å². The van der Waals surface area contributed by atoms with E-state index < -0.39 is 11.8 Å². The molecule has 1 N–H and O–H groups in total. The molecule has 0 amide bonds. The highest BCUT2D eigenvalue weighted by Crippen LogP contribution is 2.13. The van der Waals surface area contributed by atoms with Gasteiger partial charge in [0.1, 0.15) is 5.82 Å². The lowest BCUT2D eigenvalue weighted by Crippen LogP contribution is -2.02. The average molecular weight is 221 g/mol. The van der Waals surface area contributed by atoms with Crippen LogP contribution in [-0.2, 0) is 0 Å². The van der Waals surface area contributed by atoms with E-state index >= 15 is 0 Å². The van der Waals surface area contributed by atoms with E-state index in [2.05, 4.69) is 10.3 Å². The van der Waals surface area contributed by atoms with E-state index in [9.17, 15) is 9.18 Å². The Labute approximate surface area is 90.1 Å². The zero-order valence-corrected chi connectivity index (χ0v) is 8.38. The third-order valence-corrected chi connectivity index (χ3v) is 2.15. The topological polar surface area (TPSA) is 68.0 Å². The maximum Gasteiger partial charge on any atom is 0.358 e. The number of carboxylic acid groups (broad SMARTS) is 1. The summed E-state index contributed by atoms with van der Waals surface area (Å²) in [5.74, 6) is -1.57. The number of hydrogen-bond acceptors (Lipinski definition) is 3. The van der Waals surface area contributed by atoms with Crippen LogP contribution in [-0.4, -0.2) is 26.1 Å². The summed E-state index contributed by atoms with van der Waals surface area (Å²) in [6, 6.07) is 5.70. The normalized spacial score (nSPS) is 10.4. The SMILES string of the molecule is Cc1c(C(=O)O)nnn1-c1cccc(F)c1. The summed E-state index contributed by atoms with van der Waals surface area (Å²) in [5, 5.41) is 16.0. The summed E-state index contributed by atoms with van der Waals surface area (Å²) in [6.07, 6.45) is 0. The van der Waals surface area contributed by atoms with Crippen LogP contribution in [0.15, 0.2) is 24.3 Å². The molecule has 2 rings (SSSR count). The first-order chi connectivity index (χ1) is 7.59. The van der Waals surface area contributed by atoms with Gasteiger partial charge in [0.15, 0.2) is 5.69 Å². The van der Waals surface area contributed by atoms with Crippen molar-refractivity contribution >= 4 is 5.97 Å². The van der Waals surface area contributed by atoms with Crippen molar-refractivity contribution in [3.8, 4) is 5.69 Å². The van der Waals surface area contributed by atoms with Crippen LogP contribution in [0.25, 0.3) is 5.69 Å². The maximum atomic E-state index is 13.0. The van der Waals surface area contributed by atoms with E-state index in [4.69, 9.17) is 5.11 Å². The first-order valence-corrected chi connectivity index (χ1v) is 4.51. The Balaban J connectivity index is 2.53. The molecule has 5 nitrogen and oxygen atoms in total. The molecule has 0 aliphatic heterocycles. The van der Waals surface area contributed by atoms with Crippen LogP contribution in [0.5, 0.6) is 0 Å². The molecule has 0 unspecified atom stereocenters. The minimum atomic E-state index is -1.15. The van der Waals surface area contributed by atoms with Gasteiger partial charge in [-0.1, -0.05) is 11.3 Å². The molecule has 0 aliphatic rings. The molecule has 16 heavy (non-hydrogen) atoms. The van der Waals surface area contributed by atoms with Gasteiger partial charge in [-0.25, -0.2) is 13.9 Å². The van der Waals surface area contributed by atoms with Gasteiger partial charge in [0.05, 0.1) is 11.4 Å². The Morgan fingerprint density at radius 3 is 2.81 bits per heavy atom. The number of carbonyl (C=O) groups is 1. The lowest BCUT2D eigenvalue weighted by Gasteiger charge is -2.02. The molecule has 1 heterocycles. The smallest absolute Gasteiger partial charge is 0.358 e. The fourth-order valence-corrected chi connectivity index (χ4v) is 1.38. The van der Waals surface area contributed by atoms with E-state index in [1.54, 1.807) is 13.0 Å². The van der Waals surface area contributed by atoms with Crippen LogP contribution < -0.4 is 0 Å². The Morgan fingerprint density at radius 2 is 2.25 bits per heavy atom. The lowest BCUT2D eigenvalue weighted by molar-refractivity contribution is 0.0689. The minimum Gasteiger partial charge on any atom is -0.476 e. The van der Waals surface area contributed by atoms with Crippen molar-refractivity contribution in [2.45, 2.75) is 6.92 Å². The highest BCUT2D eigenvalue weighted by molar-refractivity contribution is 5.86. The number of aromatic nitrogens is 3. The van der Waals surface area contributed by atoms with Gasteiger partial charge >= 0.3 is 5.97 Å². The molecule has 0 spiro atoms. The molecule has 0 saturated carbocycles. The molecule has 1 aromatic carbocycles. The third-order valence-electron chi connectivity index (χ3n) is 2.15. The molecule has 0 atom stereocenters. The summed E-state index contributed by atoms with van der Waals surface area (Å²) in [7, 11) is 0. The van der Waals surface area contributed by atoms with Crippen LogP contribution in [0.3, 0.4) is 0 Å². The highest BCUT2D eigenvalue weighted by Gasteiger charge is 2.15. The Hall–Kier alpha value is -2.24. The molecule has 0 fully saturated rings. The summed E-state index contributed by atoms with van der Waals surface area (Å²) < 4.78 is 14.3. The molecular weight excluding hydrogens is 213 g/mol. The van der Waals surface area contributed by atoms with Crippen LogP contribution in [0.2, 0.25) is 0 Å². The maximum absolute atomic E-state index is 13.0. The number of benzene rings is 1. The zero-order chi connectivity index (χ0) is 11.7. The first-order valence-electron chi connectivity index (χ1n) is 4.51. The molecule has 0 bridgehead atoms. The first kappa shape index (κ1) is 10.3. The van der Waals surface area contributed by atoms with E-state index in [0.29, 0.717) is 11.4 Å². The summed E-state index contributed by atoms with van der Waals surface area (Å²) in [5.41, 5.74) is 0.667. The number of halogens is 1. The fourth-order valence-electron chi connectivity index (χ4n) is 1.38. The predicted octanol–water partition coefficient (Wildman–Crippen LogP) is 1.41. The lowest BCUT2D eigenvalue weighted by atomic mass is 10.3. The van der Waals surface area contributed by atoms with Gasteiger partial charge in [-0.15, -0.1) is 5.10 Å². The molecule has 0 radical (unpaired) electrons. The van der Waals surface area contributed by atoms with Crippen LogP contribution in [0, 0.1) is 12.7 Å². The molecule has 2 aromatic rings. The van der Waals surface area contributed by atoms with Gasteiger partial charge in [0.25, 0.3) is 0 Å². The van der Waals surface area contributed by atoms with Crippen molar-refractivity contribution in [1.82, 2.24) is 15.0 Å². The van der Waals surface area contributed by atoms with Crippen LogP contribution >= 0.6 is 0 Å². The van der Waals surface area contributed by atoms with Crippen molar-refractivity contribution in [3.05, 3.63) is 41.5 Å². The monoisotopic (exact) mass is 221 g/mol. The van der Waals surface area contributed by atoms with Crippen molar-refractivity contribution in [3.63, 3.8) is 0 Å². The van der Waals surface area contributed by atoms with Crippen molar-refractivity contribution in [2.75, 3.05) is 0 Å². The van der Waals surface area contributed by atoms with Crippen LogP contribution in [0.1, 0.15) is 16.2 Å². The molecule has 0 aliphatic carbocycles. The number of rotatable bonds is 2. The second kappa shape index (κ2) is 3.73. The van der Waals surface area contributed by atoms with Crippen molar-refractivity contribution in [1.29, 1.82) is 0 Å². The minimum absolute atomic E-state index is 0.135. The summed E-state index contributed by atoms with van der Waals surface area (Å²) in [6.45, 7) is 1.56. The van der Waals surface area contributed by atoms with E-state index in [1.165, 1.54) is 22.9 Å². The largest absolute Gasteiger partial charge is 0.476 e. The molecular formula is C10H8FN3O2. The second-order valence-electron chi connectivity index (χ2n) is 3.22. The number of carboxylic acids is 1. The van der Waals surface area contributed by atoms with Gasteiger partial charge in [-0.05, 0) is 25.1 Å². The second-order valence-corrected chi connectivity index (χ2v) is 3.22. The molecule has 1 aromatic heterocycles. The van der Waals surface area contributed by atoms with Gasteiger partial charge in [-0.3, -0.25) is 0 Å². The Morgan fingerprint density at radius 1 is 1.50 bits per heavy atom. The number of aromatic carboxylic acids is 1. The Kier molecular flexibility index (Phi) is 2.40. The standard InChI is InChI=1S/C10H8FN3O2/c1-6-9(10(15)16)12-13-14(6)8-4-2-3-7(11)5-8/h2-5H,1H3,(H,15,16). The third kappa shape index (κ3) is 1.65. The molecule has 0 saturated heterocycles.